The van der Waals surface area contributed by atoms with Crippen LogP contribution in [-0.4, -0.2) is 19.8 Å². The van der Waals surface area contributed by atoms with Gasteiger partial charge in [-0.1, -0.05) is 19.9 Å². The van der Waals surface area contributed by atoms with Gasteiger partial charge in [-0.15, -0.1) is 11.8 Å². The van der Waals surface area contributed by atoms with Crippen molar-refractivity contribution in [2.75, 3.05) is 24.7 Å². The molecule has 0 spiro atoms. The molecule has 0 aliphatic heterocycles. The van der Waals surface area contributed by atoms with Gasteiger partial charge < -0.3 is 4.90 Å². The molecule has 0 aliphatic rings. The van der Waals surface area contributed by atoms with Crippen LogP contribution in [0.5, 0.6) is 0 Å². The van der Waals surface area contributed by atoms with E-state index >= 15 is 0 Å². The quantitative estimate of drug-likeness (QED) is 0.742. The van der Waals surface area contributed by atoms with Crippen molar-refractivity contribution in [2.24, 2.45) is 5.92 Å². The minimum Gasteiger partial charge on any atom is -0.373 e. The highest BCUT2D eigenvalue weighted by atomic mass is 32.2. The van der Waals surface area contributed by atoms with Crippen LogP contribution >= 0.6 is 11.8 Å². The molecule has 0 unspecified atom stereocenters. The predicted octanol–water partition coefficient (Wildman–Crippen LogP) is 3.76. The Morgan fingerprint density at radius 3 is 2.65 bits per heavy atom. The van der Waals surface area contributed by atoms with Crippen LogP contribution in [0.1, 0.15) is 25.8 Å². The molecule has 0 heterocycles. The second-order valence-electron chi connectivity index (χ2n) is 4.57. The molecule has 92 valence electrons. The van der Waals surface area contributed by atoms with E-state index in [1.54, 1.807) is 11.8 Å². The van der Waals surface area contributed by atoms with Crippen molar-refractivity contribution in [3.05, 3.63) is 23.8 Å². The maximum atomic E-state index is 9.27. The van der Waals surface area contributed by atoms with Crippen molar-refractivity contribution in [3.8, 4) is 6.07 Å². The summed E-state index contributed by atoms with van der Waals surface area (Å²) in [5.74, 6) is 0.687. The standard InChI is InChI=1S/C14H20N2S/c1-11(2)8-9-16(3)13-6-5-7-14(17-4)12(13)10-15/h5-7,11H,8-9H2,1-4H3. The minimum absolute atomic E-state index is 0.687. The highest BCUT2D eigenvalue weighted by Gasteiger charge is 2.11. The molecule has 0 saturated heterocycles. The van der Waals surface area contributed by atoms with Crippen LogP contribution in [0.15, 0.2) is 23.1 Å². The number of anilines is 1. The number of nitriles is 1. The summed E-state index contributed by atoms with van der Waals surface area (Å²) in [4.78, 5) is 3.24. The van der Waals surface area contributed by atoms with Crippen molar-refractivity contribution < 1.29 is 0 Å². The van der Waals surface area contributed by atoms with Gasteiger partial charge in [0.05, 0.1) is 11.3 Å². The fraction of sp³-hybridized carbons (Fsp3) is 0.500. The Morgan fingerprint density at radius 2 is 2.12 bits per heavy atom. The molecule has 3 heteroatoms. The zero-order valence-electron chi connectivity index (χ0n) is 11.0. The van der Waals surface area contributed by atoms with Crippen LogP contribution < -0.4 is 4.90 Å². The lowest BCUT2D eigenvalue weighted by Crippen LogP contribution is -2.21. The van der Waals surface area contributed by atoms with E-state index in [4.69, 9.17) is 0 Å². The summed E-state index contributed by atoms with van der Waals surface area (Å²) >= 11 is 1.63. The Hall–Kier alpha value is -1.14. The Balaban J connectivity index is 2.93. The zero-order chi connectivity index (χ0) is 12.8. The van der Waals surface area contributed by atoms with Gasteiger partial charge in [0.2, 0.25) is 0 Å². The van der Waals surface area contributed by atoms with E-state index in [0.717, 1.165) is 29.1 Å². The summed E-state index contributed by atoms with van der Waals surface area (Å²) in [7, 11) is 2.06. The van der Waals surface area contributed by atoms with Gasteiger partial charge in [0.25, 0.3) is 0 Å². The van der Waals surface area contributed by atoms with Crippen LogP contribution in [0, 0.1) is 17.2 Å². The first-order chi connectivity index (χ1) is 8.10. The topological polar surface area (TPSA) is 27.0 Å². The molecule has 0 N–H and O–H groups in total. The van der Waals surface area contributed by atoms with Gasteiger partial charge in [-0.05, 0) is 30.7 Å². The summed E-state index contributed by atoms with van der Waals surface area (Å²) in [6.07, 6.45) is 3.15. The SMILES string of the molecule is CSc1cccc(N(C)CCC(C)C)c1C#N. The van der Waals surface area contributed by atoms with Gasteiger partial charge >= 0.3 is 0 Å². The summed E-state index contributed by atoms with van der Waals surface area (Å²) in [5, 5.41) is 9.27. The second-order valence-corrected chi connectivity index (χ2v) is 5.42. The number of hydrogen-bond donors (Lipinski definition) is 0. The lowest BCUT2D eigenvalue weighted by atomic mass is 10.1. The van der Waals surface area contributed by atoms with Crippen LogP contribution in [0.25, 0.3) is 0 Å². The Labute approximate surface area is 109 Å². The van der Waals surface area contributed by atoms with Crippen LogP contribution in [0.4, 0.5) is 5.69 Å². The molecule has 0 radical (unpaired) electrons. The Morgan fingerprint density at radius 1 is 1.41 bits per heavy atom. The number of thioether (sulfide) groups is 1. The Bertz CT molecular complexity index is 407. The molecule has 1 aromatic carbocycles. The molecule has 0 atom stereocenters. The molecule has 17 heavy (non-hydrogen) atoms. The lowest BCUT2D eigenvalue weighted by molar-refractivity contribution is 0.585. The summed E-state index contributed by atoms with van der Waals surface area (Å²) in [6.45, 7) is 5.43. The fourth-order valence-corrected chi connectivity index (χ4v) is 2.26. The highest BCUT2D eigenvalue weighted by Crippen LogP contribution is 2.28. The summed E-state index contributed by atoms with van der Waals surface area (Å²) in [5.41, 5.74) is 1.84. The lowest BCUT2D eigenvalue weighted by Gasteiger charge is -2.22. The molecular weight excluding hydrogens is 228 g/mol. The number of hydrogen-bond acceptors (Lipinski definition) is 3. The predicted molar refractivity (Wildman–Crippen MR) is 75.7 cm³/mol. The van der Waals surface area contributed by atoms with Crippen molar-refractivity contribution in [1.29, 1.82) is 5.26 Å². The van der Waals surface area contributed by atoms with Crippen LogP contribution in [0.2, 0.25) is 0 Å². The number of rotatable bonds is 5. The molecule has 0 fully saturated rings. The first-order valence-corrected chi connectivity index (χ1v) is 7.10. The first-order valence-electron chi connectivity index (χ1n) is 5.88. The largest absolute Gasteiger partial charge is 0.373 e. The molecule has 0 aromatic heterocycles. The molecule has 1 aromatic rings. The van der Waals surface area contributed by atoms with E-state index in [0.29, 0.717) is 5.92 Å². The molecule has 2 nitrogen and oxygen atoms in total. The molecule has 0 amide bonds. The third kappa shape index (κ3) is 3.67. The van der Waals surface area contributed by atoms with Crippen molar-refractivity contribution in [1.82, 2.24) is 0 Å². The zero-order valence-corrected chi connectivity index (χ0v) is 11.8. The third-order valence-corrected chi connectivity index (χ3v) is 3.57. The van der Waals surface area contributed by atoms with Crippen LogP contribution in [0.3, 0.4) is 0 Å². The van der Waals surface area contributed by atoms with Gasteiger partial charge in [0.1, 0.15) is 6.07 Å². The first kappa shape index (κ1) is 13.9. The van der Waals surface area contributed by atoms with Gasteiger partial charge in [-0.3, -0.25) is 0 Å². The fourth-order valence-electron chi connectivity index (χ4n) is 1.69. The minimum atomic E-state index is 0.687. The monoisotopic (exact) mass is 248 g/mol. The number of nitrogens with zero attached hydrogens (tertiary/aromatic N) is 2. The maximum absolute atomic E-state index is 9.27. The van der Waals surface area contributed by atoms with E-state index in [2.05, 4.69) is 31.9 Å². The average molecular weight is 248 g/mol. The van der Waals surface area contributed by atoms with Gasteiger partial charge in [-0.25, -0.2) is 0 Å². The summed E-state index contributed by atoms with van der Waals surface area (Å²) < 4.78 is 0. The van der Waals surface area contributed by atoms with Gasteiger partial charge in [0.15, 0.2) is 0 Å². The molecule has 0 saturated carbocycles. The molecule has 1 rings (SSSR count). The number of benzene rings is 1. The molecule has 0 bridgehead atoms. The maximum Gasteiger partial charge on any atom is 0.102 e. The van der Waals surface area contributed by atoms with Gasteiger partial charge in [-0.2, -0.15) is 5.26 Å². The highest BCUT2D eigenvalue weighted by molar-refractivity contribution is 7.98. The van der Waals surface area contributed by atoms with Crippen LogP contribution in [-0.2, 0) is 0 Å². The smallest absolute Gasteiger partial charge is 0.102 e. The van der Waals surface area contributed by atoms with Crippen molar-refractivity contribution in [2.45, 2.75) is 25.2 Å². The average Bonchev–Trinajstić information content (AvgIpc) is 2.34. The van der Waals surface area contributed by atoms with E-state index in [9.17, 15) is 5.26 Å². The third-order valence-electron chi connectivity index (χ3n) is 2.79. The normalized spacial score (nSPS) is 10.4. The second kappa shape index (κ2) is 6.56. The molecular formula is C14H20N2S. The van der Waals surface area contributed by atoms with E-state index in [-0.39, 0.29) is 0 Å². The Kier molecular flexibility index (Phi) is 5.37. The van der Waals surface area contributed by atoms with Gasteiger partial charge in [0, 0.05) is 18.5 Å². The van der Waals surface area contributed by atoms with E-state index in [1.165, 1.54) is 0 Å². The van der Waals surface area contributed by atoms with Crippen molar-refractivity contribution in [3.63, 3.8) is 0 Å². The van der Waals surface area contributed by atoms with E-state index in [1.807, 2.05) is 24.5 Å². The molecule has 0 aliphatic carbocycles. The van der Waals surface area contributed by atoms with Crippen molar-refractivity contribution >= 4 is 17.4 Å². The summed E-state index contributed by atoms with van der Waals surface area (Å²) in [6, 6.07) is 8.37. The van der Waals surface area contributed by atoms with E-state index < -0.39 is 0 Å².